The molecule has 1 aliphatic heterocycles. The van der Waals surface area contributed by atoms with E-state index >= 15 is 0 Å². The number of ether oxygens (including phenoxy) is 1. The van der Waals surface area contributed by atoms with Crippen LogP contribution in [0, 0.1) is 17.3 Å². The van der Waals surface area contributed by atoms with Crippen LogP contribution in [0.2, 0.25) is 0 Å². The van der Waals surface area contributed by atoms with Gasteiger partial charge in [0.15, 0.2) is 0 Å². The summed E-state index contributed by atoms with van der Waals surface area (Å²) in [6.45, 7) is 13.3. The van der Waals surface area contributed by atoms with Gasteiger partial charge in [-0.3, -0.25) is 4.79 Å². The highest BCUT2D eigenvalue weighted by molar-refractivity contribution is 5.70. The third-order valence-electron chi connectivity index (χ3n) is 2.81. The molecule has 1 rings (SSSR count). The van der Waals surface area contributed by atoms with Crippen molar-refractivity contribution in [3.8, 4) is 0 Å². The molecule has 0 aromatic carbocycles. The van der Waals surface area contributed by atoms with Gasteiger partial charge in [0.1, 0.15) is 0 Å². The summed E-state index contributed by atoms with van der Waals surface area (Å²) in [6.07, 6.45) is 1.69. The van der Waals surface area contributed by atoms with Gasteiger partial charge in [0.25, 0.3) is 0 Å². The topological polar surface area (TPSA) is 26.3 Å². The van der Waals surface area contributed by atoms with Crippen molar-refractivity contribution in [3.63, 3.8) is 0 Å². The van der Waals surface area contributed by atoms with Crippen molar-refractivity contribution in [2.24, 2.45) is 17.3 Å². The summed E-state index contributed by atoms with van der Waals surface area (Å²) in [7, 11) is 0. The van der Waals surface area contributed by atoms with Crippen molar-refractivity contribution in [1.29, 1.82) is 0 Å². The number of cyclic esters (lactones) is 1. The monoisotopic (exact) mass is 214 g/mol. The average Bonchev–Trinajstić information content (AvgIpc) is 2.29. The molecule has 1 unspecified atom stereocenters. The van der Waals surface area contributed by atoms with E-state index in [1.807, 2.05) is 13.8 Å². The molecule has 90 valence electrons. The lowest BCUT2D eigenvalue weighted by atomic mass is 9.78. The minimum absolute atomic E-state index is 0.0238. The number of carbonyl (C=O) groups excluding carboxylic acids is 1. The maximum absolute atomic E-state index is 11.3. The molecular weight excluding hydrogens is 188 g/mol. The first kappa shape index (κ1) is 14.5. The van der Waals surface area contributed by atoms with E-state index in [9.17, 15) is 4.79 Å². The fourth-order valence-electron chi connectivity index (χ4n) is 1.86. The fourth-order valence-corrected chi connectivity index (χ4v) is 1.86. The molecule has 1 fully saturated rings. The van der Waals surface area contributed by atoms with Gasteiger partial charge in [-0.05, 0) is 23.7 Å². The molecule has 0 aliphatic carbocycles. The molecule has 2 heteroatoms. The van der Waals surface area contributed by atoms with Crippen LogP contribution in [0.15, 0.2) is 0 Å². The first-order valence-corrected chi connectivity index (χ1v) is 6.06. The molecule has 0 aromatic rings. The van der Waals surface area contributed by atoms with Crippen molar-refractivity contribution < 1.29 is 9.53 Å². The predicted molar refractivity (Wildman–Crippen MR) is 63.7 cm³/mol. The summed E-state index contributed by atoms with van der Waals surface area (Å²) in [5.74, 6) is 1.04. The van der Waals surface area contributed by atoms with E-state index in [1.54, 1.807) is 0 Å². The van der Waals surface area contributed by atoms with Gasteiger partial charge in [-0.15, -0.1) is 0 Å². The van der Waals surface area contributed by atoms with Crippen LogP contribution in [0.5, 0.6) is 0 Å². The highest BCUT2D eigenvalue weighted by atomic mass is 16.5. The fraction of sp³-hybridized carbons (Fsp3) is 0.923. The standard InChI is InChI=1S/C11H20O2.C2H6/c1-8(2)9-5-10(12)13-7-11(3,4)6-9;1-2/h8-9H,5-7H2,1-4H3;1-2H3. The van der Waals surface area contributed by atoms with Gasteiger partial charge >= 0.3 is 5.97 Å². The minimum Gasteiger partial charge on any atom is -0.465 e. The predicted octanol–water partition coefficient (Wildman–Crippen LogP) is 3.65. The molecule has 0 saturated carbocycles. The maximum Gasteiger partial charge on any atom is 0.306 e. The Hall–Kier alpha value is -0.530. The van der Waals surface area contributed by atoms with Gasteiger partial charge < -0.3 is 4.74 Å². The highest BCUT2D eigenvalue weighted by Crippen LogP contribution is 2.34. The Kier molecular flexibility index (Phi) is 5.92. The second kappa shape index (κ2) is 6.14. The molecule has 1 saturated heterocycles. The molecule has 0 aromatic heterocycles. The van der Waals surface area contributed by atoms with Crippen LogP contribution in [-0.2, 0) is 9.53 Å². The van der Waals surface area contributed by atoms with E-state index in [1.165, 1.54) is 0 Å². The van der Waals surface area contributed by atoms with Crippen LogP contribution in [0.1, 0.15) is 54.4 Å². The van der Waals surface area contributed by atoms with Crippen LogP contribution in [0.3, 0.4) is 0 Å². The Morgan fingerprint density at radius 1 is 1.33 bits per heavy atom. The van der Waals surface area contributed by atoms with Gasteiger partial charge in [-0.25, -0.2) is 0 Å². The normalized spacial score (nSPS) is 25.0. The van der Waals surface area contributed by atoms with Gasteiger partial charge in [0.2, 0.25) is 0 Å². The van der Waals surface area contributed by atoms with E-state index in [0.717, 1.165) is 6.42 Å². The summed E-state index contributed by atoms with van der Waals surface area (Å²) >= 11 is 0. The average molecular weight is 214 g/mol. The summed E-state index contributed by atoms with van der Waals surface area (Å²) < 4.78 is 5.16. The van der Waals surface area contributed by atoms with E-state index in [2.05, 4.69) is 27.7 Å². The molecular formula is C13H26O2. The second-order valence-corrected chi connectivity index (χ2v) is 5.24. The Bertz CT molecular complexity index is 195. The number of esters is 1. The van der Waals surface area contributed by atoms with Gasteiger partial charge in [-0.2, -0.15) is 0 Å². The van der Waals surface area contributed by atoms with Crippen LogP contribution >= 0.6 is 0 Å². The number of rotatable bonds is 1. The van der Waals surface area contributed by atoms with Crippen molar-refractivity contribution in [2.45, 2.75) is 54.4 Å². The van der Waals surface area contributed by atoms with E-state index in [4.69, 9.17) is 4.74 Å². The molecule has 0 N–H and O–H groups in total. The zero-order valence-corrected chi connectivity index (χ0v) is 11.1. The lowest BCUT2D eigenvalue weighted by Gasteiger charge is -2.26. The zero-order chi connectivity index (χ0) is 12.1. The number of hydrogen-bond donors (Lipinski definition) is 0. The third-order valence-corrected chi connectivity index (χ3v) is 2.81. The van der Waals surface area contributed by atoms with Crippen LogP contribution in [0.4, 0.5) is 0 Å². The molecule has 0 amide bonds. The van der Waals surface area contributed by atoms with Crippen molar-refractivity contribution >= 4 is 5.97 Å². The van der Waals surface area contributed by atoms with Crippen molar-refractivity contribution in [3.05, 3.63) is 0 Å². The maximum atomic E-state index is 11.3. The van der Waals surface area contributed by atoms with E-state index < -0.39 is 0 Å². The number of hydrogen-bond acceptors (Lipinski definition) is 2. The SMILES string of the molecule is CC.CC(C)C1CC(=O)OCC(C)(C)C1. The van der Waals surface area contributed by atoms with Gasteiger partial charge in [-0.1, -0.05) is 41.5 Å². The summed E-state index contributed by atoms with van der Waals surface area (Å²) in [4.78, 5) is 11.3. The lowest BCUT2D eigenvalue weighted by Crippen LogP contribution is -2.21. The molecule has 1 aliphatic rings. The largest absolute Gasteiger partial charge is 0.465 e. The van der Waals surface area contributed by atoms with Crippen LogP contribution in [0.25, 0.3) is 0 Å². The first-order valence-electron chi connectivity index (χ1n) is 6.06. The molecule has 1 atom stereocenters. The van der Waals surface area contributed by atoms with Gasteiger partial charge in [0.05, 0.1) is 6.61 Å². The molecule has 2 nitrogen and oxygen atoms in total. The van der Waals surface area contributed by atoms with Crippen molar-refractivity contribution in [2.75, 3.05) is 6.61 Å². The molecule has 0 spiro atoms. The van der Waals surface area contributed by atoms with Crippen LogP contribution in [-0.4, -0.2) is 12.6 Å². The summed E-state index contributed by atoms with van der Waals surface area (Å²) in [6, 6.07) is 0. The van der Waals surface area contributed by atoms with E-state index in [0.29, 0.717) is 24.9 Å². The molecule has 0 radical (unpaired) electrons. The minimum atomic E-state index is -0.0238. The first-order chi connectivity index (χ1) is 6.91. The smallest absolute Gasteiger partial charge is 0.306 e. The Balaban J connectivity index is 0.000000921. The Morgan fingerprint density at radius 2 is 1.87 bits per heavy atom. The third kappa shape index (κ3) is 5.19. The zero-order valence-electron chi connectivity index (χ0n) is 11.1. The number of carbonyl (C=O) groups is 1. The summed E-state index contributed by atoms with van der Waals surface area (Å²) in [5, 5.41) is 0. The molecule has 15 heavy (non-hydrogen) atoms. The molecule has 1 heterocycles. The lowest BCUT2D eigenvalue weighted by molar-refractivity contribution is -0.145. The Labute approximate surface area is 94.4 Å². The summed E-state index contributed by atoms with van der Waals surface area (Å²) in [5.41, 5.74) is 0.154. The van der Waals surface area contributed by atoms with E-state index in [-0.39, 0.29) is 11.4 Å². The quantitative estimate of drug-likeness (QED) is 0.623. The highest BCUT2D eigenvalue weighted by Gasteiger charge is 2.31. The van der Waals surface area contributed by atoms with Gasteiger partial charge in [0, 0.05) is 6.42 Å². The molecule has 0 bridgehead atoms. The van der Waals surface area contributed by atoms with Crippen LogP contribution < -0.4 is 0 Å². The van der Waals surface area contributed by atoms with Crippen molar-refractivity contribution in [1.82, 2.24) is 0 Å². The Morgan fingerprint density at radius 3 is 2.33 bits per heavy atom. The second-order valence-electron chi connectivity index (χ2n) is 5.24.